The number of hydrogen-bond donors (Lipinski definition) is 1. The average Bonchev–Trinajstić information content (AvgIpc) is 2.84. The predicted octanol–water partition coefficient (Wildman–Crippen LogP) is 2.65. The van der Waals surface area contributed by atoms with Gasteiger partial charge in [-0.25, -0.2) is 8.42 Å². The Morgan fingerprint density at radius 1 is 1.06 bits per heavy atom. The van der Waals surface area contributed by atoms with Crippen molar-refractivity contribution >= 4 is 21.8 Å². The molecule has 0 radical (unpaired) electrons. The summed E-state index contributed by atoms with van der Waals surface area (Å²) in [5, 5.41) is 2.72. The number of amides is 2. The Bertz CT molecular complexity index is 1070. The summed E-state index contributed by atoms with van der Waals surface area (Å²) < 4.78 is 32.9. The molecule has 9 heteroatoms. The predicted molar refractivity (Wildman–Crippen MR) is 125 cm³/mol. The van der Waals surface area contributed by atoms with E-state index in [1.54, 1.807) is 0 Å². The highest BCUT2D eigenvalue weighted by molar-refractivity contribution is 7.89. The van der Waals surface area contributed by atoms with E-state index in [1.807, 2.05) is 35.2 Å². The Hall–Kier alpha value is -2.91. The Morgan fingerprint density at radius 2 is 1.76 bits per heavy atom. The summed E-state index contributed by atoms with van der Waals surface area (Å²) in [4.78, 5) is 26.7. The molecule has 0 aliphatic carbocycles. The first kappa shape index (κ1) is 24.7. The first-order chi connectivity index (χ1) is 15.8. The van der Waals surface area contributed by atoms with Gasteiger partial charge in [0.15, 0.2) is 0 Å². The fourth-order valence-corrected chi connectivity index (χ4v) is 5.14. The van der Waals surface area contributed by atoms with Gasteiger partial charge in [-0.3, -0.25) is 9.59 Å². The Morgan fingerprint density at radius 3 is 2.42 bits per heavy atom. The van der Waals surface area contributed by atoms with E-state index in [0.717, 1.165) is 37.9 Å². The molecule has 0 saturated carbocycles. The zero-order chi connectivity index (χ0) is 23.8. The van der Waals surface area contributed by atoms with E-state index in [9.17, 15) is 18.0 Å². The molecule has 1 saturated heterocycles. The topological polar surface area (TPSA) is 96.0 Å². The molecule has 2 aromatic carbocycles. The molecule has 8 nitrogen and oxygen atoms in total. The van der Waals surface area contributed by atoms with Gasteiger partial charge >= 0.3 is 0 Å². The molecule has 2 aromatic rings. The van der Waals surface area contributed by atoms with Crippen LogP contribution in [0.2, 0.25) is 0 Å². The Labute approximate surface area is 195 Å². The lowest BCUT2D eigenvalue weighted by atomic mass is 10.1. The smallest absolute Gasteiger partial charge is 0.251 e. The number of rotatable bonds is 9. The third-order valence-corrected chi connectivity index (χ3v) is 7.52. The first-order valence-corrected chi connectivity index (χ1v) is 12.5. The third-order valence-electron chi connectivity index (χ3n) is 5.70. The van der Waals surface area contributed by atoms with Crippen molar-refractivity contribution in [1.29, 1.82) is 0 Å². The van der Waals surface area contributed by atoms with E-state index in [0.29, 0.717) is 0 Å². The van der Waals surface area contributed by atoms with E-state index < -0.39 is 15.9 Å². The van der Waals surface area contributed by atoms with Gasteiger partial charge in [-0.05, 0) is 43.0 Å². The Kier molecular flexibility index (Phi) is 8.46. The number of carbonyl (C=O) groups excluding carboxylic acids is 2. The van der Waals surface area contributed by atoms with Crippen molar-refractivity contribution in [2.24, 2.45) is 0 Å². The van der Waals surface area contributed by atoms with Gasteiger partial charge in [0.05, 0.1) is 7.11 Å². The summed E-state index contributed by atoms with van der Waals surface area (Å²) in [6.45, 7) is 1.91. The lowest BCUT2D eigenvalue weighted by Gasteiger charge is -2.26. The van der Waals surface area contributed by atoms with E-state index >= 15 is 0 Å². The molecule has 0 unspecified atom stereocenters. The van der Waals surface area contributed by atoms with Gasteiger partial charge in [0, 0.05) is 45.2 Å². The van der Waals surface area contributed by atoms with Crippen molar-refractivity contribution in [3.63, 3.8) is 0 Å². The number of sulfonamides is 1. The summed E-state index contributed by atoms with van der Waals surface area (Å²) in [5.41, 5.74) is 1.03. The molecule has 1 aliphatic heterocycles. The molecule has 0 atom stereocenters. The summed E-state index contributed by atoms with van der Waals surface area (Å²) >= 11 is 0. The quantitative estimate of drug-likeness (QED) is 0.604. The number of hydrogen-bond acceptors (Lipinski definition) is 5. The summed E-state index contributed by atoms with van der Waals surface area (Å²) in [5.74, 6) is -0.256. The van der Waals surface area contributed by atoms with E-state index in [1.165, 1.54) is 36.7 Å². The maximum Gasteiger partial charge on any atom is 0.251 e. The van der Waals surface area contributed by atoms with Gasteiger partial charge < -0.3 is 15.0 Å². The van der Waals surface area contributed by atoms with Gasteiger partial charge in [0.25, 0.3) is 5.91 Å². The minimum Gasteiger partial charge on any atom is -0.495 e. The lowest BCUT2D eigenvalue weighted by molar-refractivity contribution is -0.131. The maximum atomic E-state index is 13.2. The molecular weight excluding hydrogens is 442 g/mol. The van der Waals surface area contributed by atoms with Crippen LogP contribution in [0.3, 0.4) is 0 Å². The molecule has 178 valence electrons. The van der Waals surface area contributed by atoms with Crippen LogP contribution in [0.5, 0.6) is 5.75 Å². The van der Waals surface area contributed by atoms with Crippen LogP contribution in [-0.4, -0.2) is 63.2 Å². The van der Waals surface area contributed by atoms with Crippen molar-refractivity contribution in [2.45, 2.75) is 37.1 Å². The molecule has 0 aromatic heterocycles. The van der Waals surface area contributed by atoms with E-state index in [4.69, 9.17) is 4.74 Å². The third kappa shape index (κ3) is 6.33. The van der Waals surface area contributed by atoms with Gasteiger partial charge in [-0.2, -0.15) is 4.31 Å². The molecule has 2 amide bonds. The summed E-state index contributed by atoms with van der Waals surface area (Å²) in [6, 6.07) is 13.5. The minimum atomic E-state index is -3.92. The van der Waals surface area contributed by atoms with Crippen molar-refractivity contribution < 1.29 is 22.7 Å². The first-order valence-electron chi connectivity index (χ1n) is 11.1. The molecule has 0 spiro atoms. The molecule has 3 rings (SSSR count). The largest absolute Gasteiger partial charge is 0.495 e. The zero-order valence-corrected chi connectivity index (χ0v) is 19.9. The van der Waals surface area contributed by atoms with Crippen molar-refractivity contribution in [3.05, 3.63) is 59.7 Å². The van der Waals surface area contributed by atoms with Crippen LogP contribution in [0.1, 0.15) is 41.6 Å². The number of likely N-dealkylation sites (tertiary alicyclic amines) is 1. The summed E-state index contributed by atoms with van der Waals surface area (Å²) in [6.07, 6.45) is 3.39. The number of methoxy groups -OCH3 is 1. The number of piperidine rings is 1. The van der Waals surface area contributed by atoms with Crippen LogP contribution in [0.25, 0.3) is 0 Å². The highest BCUT2D eigenvalue weighted by Crippen LogP contribution is 2.28. The fourth-order valence-electron chi connectivity index (χ4n) is 3.80. The number of carbonyl (C=O) groups is 2. The molecule has 33 heavy (non-hydrogen) atoms. The molecule has 1 N–H and O–H groups in total. The second-order valence-electron chi connectivity index (χ2n) is 8.06. The number of nitrogens with one attached hydrogen (secondary N) is 1. The van der Waals surface area contributed by atoms with Gasteiger partial charge in [-0.15, -0.1) is 0 Å². The fraction of sp³-hybridized carbons (Fsp3) is 0.417. The van der Waals surface area contributed by atoms with Crippen molar-refractivity contribution in [2.75, 3.05) is 33.8 Å². The van der Waals surface area contributed by atoms with Crippen LogP contribution in [0, 0.1) is 0 Å². The maximum absolute atomic E-state index is 13.2. The number of benzene rings is 2. The molecule has 1 aliphatic rings. The Balaban J connectivity index is 1.68. The van der Waals surface area contributed by atoms with Crippen LogP contribution in [0.4, 0.5) is 0 Å². The highest BCUT2D eigenvalue weighted by Gasteiger charge is 2.26. The second-order valence-corrected chi connectivity index (χ2v) is 10.1. The number of ether oxygens (including phenoxy) is 1. The zero-order valence-electron chi connectivity index (χ0n) is 19.1. The standard InChI is InChI=1S/C24H31N3O5S/c1-26(18-19-9-5-3-6-10-19)33(30,31)22-17-20(11-12-21(22)32-2)24(29)25-14-13-23(28)27-15-7-4-8-16-27/h3,5-6,9-12,17H,4,7-8,13-16,18H2,1-2H3,(H,25,29). The summed E-state index contributed by atoms with van der Waals surface area (Å²) in [7, 11) is -1.04. The van der Waals surface area contributed by atoms with E-state index in [-0.39, 0.29) is 41.6 Å². The molecular formula is C24H31N3O5S. The van der Waals surface area contributed by atoms with Gasteiger partial charge in [-0.1, -0.05) is 30.3 Å². The highest BCUT2D eigenvalue weighted by atomic mass is 32.2. The van der Waals surface area contributed by atoms with Crippen molar-refractivity contribution in [3.8, 4) is 5.75 Å². The molecule has 0 bridgehead atoms. The lowest BCUT2D eigenvalue weighted by Crippen LogP contribution is -2.37. The van der Waals surface area contributed by atoms with Crippen LogP contribution in [-0.2, 0) is 21.4 Å². The second kappa shape index (κ2) is 11.3. The monoisotopic (exact) mass is 473 g/mol. The van der Waals surface area contributed by atoms with Gasteiger partial charge in [0.1, 0.15) is 10.6 Å². The van der Waals surface area contributed by atoms with Gasteiger partial charge in [0.2, 0.25) is 15.9 Å². The molecule has 1 fully saturated rings. The normalized spacial score (nSPS) is 14.2. The average molecular weight is 474 g/mol. The molecule has 1 heterocycles. The minimum absolute atomic E-state index is 0.0236. The van der Waals surface area contributed by atoms with Crippen LogP contribution < -0.4 is 10.1 Å². The number of nitrogens with zero attached hydrogens (tertiary/aromatic N) is 2. The van der Waals surface area contributed by atoms with E-state index in [2.05, 4.69) is 5.32 Å². The van der Waals surface area contributed by atoms with Crippen LogP contribution in [0.15, 0.2) is 53.4 Å². The SMILES string of the molecule is COc1ccc(C(=O)NCCC(=O)N2CCCCC2)cc1S(=O)(=O)N(C)Cc1ccccc1. The van der Waals surface area contributed by atoms with Crippen LogP contribution >= 0.6 is 0 Å². The van der Waals surface area contributed by atoms with Crippen molar-refractivity contribution in [1.82, 2.24) is 14.5 Å².